The highest BCUT2D eigenvalue weighted by Crippen LogP contribution is 2.26. The standard InChI is InChI=1S/C15H21BrFN/c1-11-5-6-14(17)9-13(11)10-18-7-3-4-15(18)8-12(2)16/h5-6,9,12,15H,3-4,7-8,10H2,1-2H3. The SMILES string of the molecule is Cc1ccc(F)cc1CN1CCCC1CC(C)Br. The van der Waals surface area contributed by atoms with Crippen LogP contribution in [0.3, 0.4) is 0 Å². The van der Waals surface area contributed by atoms with Crippen LogP contribution in [0, 0.1) is 12.7 Å². The van der Waals surface area contributed by atoms with E-state index in [0.29, 0.717) is 10.9 Å². The minimum atomic E-state index is -0.125. The summed E-state index contributed by atoms with van der Waals surface area (Å²) in [4.78, 5) is 3.05. The van der Waals surface area contributed by atoms with Crippen LogP contribution in [0.15, 0.2) is 18.2 Å². The predicted octanol–water partition coefficient (Wildman–Crippen LogP) is 4.27. The molecule has 1 nitrogen and oxygen atoms in total. The Hall–Kier alpha value is -0.410. The fourth-order valence-electron chi connectivity index (χ4n) is 2.77. The van der Waals surface area contributed by atoms with E-state index in [0.717, 1.165) is 18.7 Å². The topological polar surface area (TPSA) is 3.24 Å². The number of hydrogen-bond acceptors (Lipinski definition) is 1. The molecule has 1 aliphatic rings. The van der Waals surface area contributed by atoms with Crippen LogP contribution in [0.1, 0.15) is 37.3 Å². The largest absolute Gasteiger partial charge is 0.296 e. The molecule has 1 aliphatic heterocycles. The van der Waals surface area contributed by atoms with Gasteiger partial charge in [-0.1, -0.05) is 28.9 Å². The van der Waals surface area contributed by atoms with Crippen LogP contribution >= 0.6 is 15.9 Å². The summed E-state index contributed by atoms with van der Waals surface area (Å²) in [7, 11) is 0. The van der Waals surface area contributed by atoms with Crippen molar-refractivity contribution in [2.45, 2.75) is 50.5 Å². The summed E-state index contributed by atoms with van der Waals surface area (Å²) in [5, 5.41) is 0. The van der Waals surface area contributed by atoms with Gasteiger partial charge >= 0.3 is 0 Å². The molecule has 2 unspecified atom stereocenters. The van der Waals surface area contributed by atoms with Gasteiger partial charge in [0.2, 0.25) is 0 Å². The molecule has 0 radical (unpaired) electrons. The number of hydrogen-bond donors (Lipinski definition) is 0. The van der Waals surface area contributed by atoms with Gasteiger partial charge in [0.25, 0.3) is 0 Å². The van der Waals surface area contributed by atoms with E-state index in [9.17, 15) is 4.39 Å². The minimum absolute atomic E-state index is 0.125. The second kappa shape index (κ2) is 6.16. The van der Waals surface area contributed by atoms with Crippen molar-refractivity contribution in [2.24, 2.45) is 0 Å². The van der Waals surface area contributed by atoms with Crippen molar-refractivity contribution in [2.75, 3.05) is 6.54 Å². The molecule has 1 heterocycles. The molecule has 18 heavy (non-hydrogen) atoms. The maximum absolute atomic E-state index is 13.3. The van der Waals surface area contributed by atoms with Crippen molar-refractivity contribution in [1.82, 2.24) is 4.90 Å². The second-order valence-corrected chi connectivity index (χ2v) is 6.92. The molecule has 0 aliphatic carbocycles. The summed E-state index contributed by atoms with van der Waals surface area (Å²) >= 11 is 3.64. The third-order valence-corrected chi connectivity index (χ3v) is 4.15. The highest BCUT2D eigenvalue weighted by Gasteiger charge is 2.25. The van der Waals surface area contributed by atoms with E-state index in [1.807, 2.05) is 6.07 Å². The molecule has 0 aromatic heterocycles. The first-order valence-corrected chi connectivity index (χ1v) is 7.61. The third kappa shape index (κ3) is 3.55. The lowest BCUT2D eigenvalue weighted by atomic mass is 10.1. The zero-order valence-corrected chi connectivity index (χ0v) is 12.7. The van der Waals surface area contributed by atoms with Gasteiger partial charge in [-0.05, 0) is 56.0 Å². The zero-order chi connectivity index (χ0) is 13.1. The highest BCUT2D eigenvalue weighted by atomic mass is 79.9. The molecular weight excluding hydrogens is 293 g/mol. The number of rotatable bonds is 4. The summed E-state index contributed by atoms with van der Waals surface area (Å²) in [5.41, 5.74) is 2.32. The molecule has 1 aromatic rings. The fourth-order valence-corrected chi connectivity index (χ4v) is 3.21. The molecule has 2 atom stereocenters. The summed E-state index contributed by atoms with van der Waals surface area (Å²) in [6.07, 6.45) is 3.71. The summed E-state index contributed by atoms with van der Waals surface area (Å²) in [6.45, 7) is 6.28. The summed E-state index contributed by atoms with van der Waals surface area (Å²) < 4.78 is 13.3. The van der Waals surface area contributed by atoms with E-state index < -0.39 is 0 Å². The smallest absolute Gasteiger partial charge is 0.123 e. The Morgan fingerprint density at radius 1 is 1.50 bits per heavy atom. The number of alkyl halides is 1. The second-order valence-electron chi connectivity index (χ2n) is 5.35. The Bertz CT molecular complexity index is 405. The number of benzene rings is 1. The Labute approximate surface area is 118 Å². The molecule has 0 N–H and O–H groups in total. The summed E-state index contributed by atoms with van der Waals surface area (Å²) in [5.74, 6) is -0.125. The van der Waals surface area contributed by atoms with Gasteiger partial charge < -0.3 is 0 Å². The van der Waals surface area contributed by atoms with Gasteiger partial charge in [0, 0.05) is 17.4 Å². The monoisotopic (exact) mass is 313 g/mol. The quantitative estimate of drug-likeness (QED) is 0.750. The summed E-state index contributed by atoms with van der Waals surface area (Å²) in [6, 6.07) is 5.74. The van der Waals surface area contributed by atoms with Crippen molar-refractivity contribution in [1.29, 1.82) is 0 Å². The Morgan fingerprint density at radius 2 is 2.28 bits per heavy atom. The lowest BCUT2D eigenvalue weighted by Gasteiger charge is -2.26. The van der Waals surface area contributed by atoms with Gasteiger partial charge in [0.15, 0.2) is 0 Å². The van der Waals surface area contributed by atoms with Crippen molar-refractivity contribution >= 4 is 15.9 Å². The molecule has 1 saturated heterocycles. The molecule has 100 valence electrons. The van der Waals surface area contributed by atoms with Gasteiger partial charge in [0.05, 0.1) is 0 Å². The van der Waals surface area contributed by atoms with Crippen LogP contribution in [0.5, 0.6) is 0 Å². The average molecular weight is 314 g/mol. The Balaban J connectivity index is 2.05. The number of aryl methyl sites for hydroxylation is 1. The maximum atomic E-state index is 13.3. The van der Waals surface area contributed by atoms with Gasteiger partial charge in [-0.3, -0.25) is 4.90 Å². The lowest BCUT2D eigenvalue weighted by molar-refractivity contribution is 0.235. The number of nitrogens with zero attached hydrogens (tertiary/aromatic N) is 1. The minimum Gasteiger partial charge on any atom is -0.296 e. The lowest BCUT2D eigenvalue weighted by Crippen LogP contribution is -2.30. The molecule has 1 aromatic carbocycles. The van der Waals surface area contributed by atoms with Gasteiger partial charge in [-0.15, -0.1) is 0 Å². The van der Waals surface area contributed by atoms with Gasteiger partial charge in [0.1, 0.15) is 5.82 Å². The molecular formula is C15H21BrFN. The molecule has 0 saturated carbocycles. The van der Waals surface area contributed by atoms with E-state index in [-0.39, 0.29) is 5.82 Å². The van der Waals surface area contributed by atoms with E-state index in [1.54, 1.807) is 12.1 Å². The van der Waals surface area contributed by atoms with Crippen LogP contribution < -0.4 is 0 Å². The average Bonchev–Trinajstić information content (AvgIpc) is 2.70. The van der Waals surface area contributed by atoms with Crippen molar-refractivity contribution < 1.29 is 4.39 Å². The van der Waals surface area contributed by atoms with E-state index >= 15 is 0 Å². The molecule has 0 bridgehead atoms. The molecule has 0 spiro atoms. The van der Waals surface area contributed by atoms with Crippen LogP contribution in [0.25, 0.3) is 0 Å². The Morgan fingerprint density at radius 3 is 3.00 bits per heavy atom. The maximum Gasteiger partial charge on any atom is 0.123 e. The molecule has 1 fully saturated rings. The Kier molecular flexibility index (Phi) is 4.79. The van der Waals surface area contributed by atoms with Crippen molar-refractivity contribution in [3.05, 3.63) is 35.1 Å². The first-order chi connectivity index (χ1) is 8.56. The van der Waals surface area contributed by atoms with Gasteiger partial charge in [-0.25, -0.2) is 4.39 Å². The van der Waals surface area contributed by atoms with E-state index in [1.165, 1.54) is 24.8 Å². The highest BCUT2D eigenvalue weighted by molar-refractivity contribution is 9.09. The van der Waals surface area contributed by atoms with E-state index in [2.05, 4.69) is 34.7 Å². The first-order valence-electron chi connectivity index (χ1n) is 6.69. The van der Waals surface area contributed by atoms with Crippen LogP contribution in [0.4, 0.5) is 4.39 Å². The number of halogens is 2. The van der Waals surface area contributed by atoms with Crippen molar-refractivity contribution in [3.8, 4) is 0 Å². The first kappa shape index (κ1) is 14.0. The molecule has 2 rings (SSSR count). The van der Waals surface area contributed by atoms with Crippen LogP contribution in [-0.2, 0) is 6.54 Å². The van der Waals surface area contributed by atoms with Crippen LogP contribution in [-0.4, -0.2) is 22.3 Å². The van der Waals surface area contributed by atoms with Gasteiger partial charge in [-0.2, -0.15) is 0 Å². The normalized spacial score (nSPS) is 22.3. The zero-order valence-electron chi connectivity index (χ0n) is 11.1. The van der Waals surface area contributed by atoms with E-state index in [4.69, 9.17) is 0 Å². The molecule has 0 amide bonds. The predicted molar refractivity (Wildman–Crippen MR) is 77.6 cm³/mol. The van der Waals surface area contributed by atoms with Crippen molar-refractivity contribution in [3.63, 3.8) is 0 Å². The third-order valence-electron chi connectivity index (χ3n) is 3.78. The number of likely N-dealkylation sites (tertiary alicyclic amines) is 1. The van der Waals surface area contributed by atoms with Crippen LogP contribution in [0.2, 0.25) is 0 Å². The molecule has 3 heteroatoms. The fraction of sp³-hybridized carbons (Fsp3) is 0.600.